The zero-order valence-corrected chi connectivity index (χ0v) is 6.86. The fraction of sp³-hybridized carbons (Fsp3) is 1.00. The summed E-state index contributed by atoms with van der Waals surface area (Å²) in [6, 6.07) is 0. The molecule has 1 aliphatic carbocycles. The van der Waals surface area contributed by atoms with E-state index in [1.165, 1.54) is 0 Å². The summed E-state index contributed by atoms with van der Waals surface area (Å²) in [4.78, 5) is 0. The zero-order valence-electron chi connectivity index (χ0n) is 6.86. The van der Waals surface area contributed by atoms with Gasteiger partial charge in [-0.05, 0) is 26.2 Å². The van der Waals surface area contributed by atoms with Crippen molar-refractivity contribution in [3.63, 3.8) is 0 Å². The van der Waals surface area contributed by atoms with E-state index in [0.29, 0.717) is 13.0 Å². The van der Waals surface area contributed by atoms with Crippen LogP contribution in [0.3, 0.4) is 0 Å². The number of hydrogen-bond donors (Lipinski definition) is 2. The van der Waals surface area contributed by atoms with Crippen molar-refractivity contribution in [1.29, 1.82) is 0 Å². The second kappa shape index (κ2) is 4.04. The molecule has 1 fully saturated rings. The van der Waals surface area contributed by atoms with Crippen LogP contribution >= 0.6 is 0 Å². The Bertz CT molecular complexity index is 114. The van der Waals surface area contributed by atoms with Gasteiger partial charge >= 0.3 is 0 Å². The summed E-state index contributed by atoms with van der Waals surface area (Å²) in [5, 5.41) is 18.6. The maximum absolute atomic E-state index is 9.39. The van der Waals surface area contributed by atoms with Crippen molar-refractivity contribution in [2.75, 3.05) is 6.61 Å². The molecule has 0 spiro atoms. The molecule has 0 saturated heterocycles. The molecule has 3 atom stereocenters. The molecular formula is C8H16O3. The van der Waals surface area contributed by atoms with Crippen molar-refractivity contribution in [3.8, 4) is 0 Å². The molecule has 0 aromatic heterocycles. The van der Waals surface area contributed by atoms with E-state index in [-0.39, 0.29) is 6.10 Å². The summed E-state index contributed by atoms with van der Waals surface area (Å²) in [7, 11) is 0. The topological polar surface area (TPSA) is 49.7 Å². The molecule has 11 heavy (non-hydrogen) atoms. The highest BCUT2D eigenvalue weighted by Crippen LogP contribution is 2.21. The molecule has 3 unspecified atom stereocenters. The van der Waals surface area contributed by atoms with Gasteiger partial charge in [0.25, 0.3) is 0 Å². The lowest BCUT2D eigenvalue weighted by atomic mass is 9.92. The lowest BCUT2D eigenvalue weighted by Crippen LogP contribution is -2.42. The molecule has 0 aliphatic heterocycles. The van der Waals surface area contributed by atoms with Crippen LogP contribution in [-0.4, -0.2) is 35.1 Å². The van der Waals surface area contributed by atoms with Gasteiger partial charge in [-0.15, -0.1) is 0 Å². The van der Waals surface area contributed by atoms with Crippen LogP contribution in [0, 0.1) is 0 Å². The third-order valence-corrected chi connectivity index (χ3v) is 2.14. The van der Waals surface area contributed by atoms with Gasteiger partial charge in [-0.25, -0.2) is 0 Å². The number of ether oxygens (including phenoxy) is 1. The van der Waals surface area contributed by atoms with Gasteiger partial charge in [0.15, 0.2) is 0 Å². The molecule has 3 nitrogen and oxygen atoms in total. The summed E-state index contributed by atoms with van der Waals surface area (Å²) >= 11 is 0. The molecule has 0 aromatic rings. The van der Waals surface area contributed by atoms with E-state index in [4.69, 9.17) is 4.74 Å². The second-order valence-electron chi connectivity index (χ2n) is 2.98. The van der Waals surface area contributed by atoms with Crippen molar-refractivity contribution in [2.45, 2.75) is 44.5 Å². The Hall–Kier alpha value is -0.120. The van der Waals surface area contributed by atoms with Gasteiger partial charge in [0, 0.05) is 6.61 Å². The van der Waals surface area contributed by atoms with Crippen molar-refractivity contribution >= 4 is 0 Å². The number of aliphatic hydroxyl groups excluding tert-OH is 2. The van der Waals surface area contributed by atoms with Crippen molar-refractivity contribution < 1.29 is 14.9 Å². The Kier molecular flexibility index (Phi) is 3.30. The van der Waals surface area contributed by atoms with E-state index < -0.39 is 12.2 Å². The number of rotatable bonds is 2. The summed E-state index contributed by atoms with van der Waals surface area (Å²) in [5.41, 5.74) is 0. The summed E-state index contributed by atoms with van der Waals surface area (Å²) in [5.74, 6) is 0. The molecule has 0 bridgehead atoms. The number of aliphatic hydroxyl groups is 2. The van der Waals surface area contributed by atoms with Crippen LogP contribution < -0.4 is 0 Å². The van der Waals surface area contributed by atoms with E-state index in [1.54, 1.807) is 0 Å². The van der Waals surface area contributed by atoms with Gasteiger partial charge in [0.2, 0.25) is 0 Å². The molecule has 3 heteroatoms. The summed E-state index contributed by atoms with van der Waals surface area (Å²) in [6.07, 6.45) is 1.10. The first-order valence-electron chi connectivity index (χ1n) is 4.23. The smallest absolute Gasteiger partial charge is 0.106 e. The van der Waals surface area contributed by atoms with Crippen LogP contribution in [0.25, 0.3) is 0 Å². The van der Waals surface area contributed by atoms with Crippen LogP contribution in [0.5, 0.6) is 0 Å². The van der Waals surface area contributed by atoms with Gasteiger partial charge in [-0.2, -0.15) is 0 Å². The third kappa shape index (κ3) is 2.15. The van der Waals surface area contributed by atoms with Crippen LogP contribution in [0.4, 0.5) is 0 Å². The first kappa shape index (κ1) is 8.97. The lowest BCUT2D eigenvalue weighted by molar-refractivity contribution is -0.110. The van der Waals surface area contributed by atoms with Gasteiger partial charge in [0.1, 0.15) is 6.10 Å². The van der Waals surface area contributed by atoms with E-state index in [1.807, 2.05) is 6.92 Å². The van der Waals surface area contributed by atoms with Crippen LogP contribution in [-0.2, 0) is 4.74 Å². The molecule has 0 amide bonds. The highest BCUT2D eigenvalue weighted by Gasteiger charge is 2.30. The standard InChI is InChI=1S/C8H16O3/c1-2-11-7-5-3-4-6(9)8(7)10/h6-10H,2-5H2,1H3. The van der Waals surface area contributed by atoms with Crippen LogP contribution in [0.2, 0.25) is 0 Å². The number of hydrogen-bond acceptors (Lipinski definition) is 3. The van der Waals surface area contributed by atoms with Crippen LogP contribution in [0.1, 0.15) is 26.2 Å². The zero-order chi connectivity index (χ0) is 8.27. The lowest BCUT2D eigenvalue weighted by Gasteiger charge is -2.31. The monoisotopic (exact) mass is 160 g/mol. The molecule has 1 aliphatic rings. The molecule has 1 rings (SSSR count). The van der Waals surface area contributed by atoms with E-state index >= 15 is 0 Å². The quantitative estimate of drug-likeness (QED) is 0.610. The third-order valence-electron chi connectivity index (χ3n) is 2.14. The molecule has 2 N–H and O–H groups in total. The van der Waals surface area contributed by atoms with Crippen LogP contribution in [0.15, 0.2) is 0 Å². The van der Waals surface area contributed by atoms with Gasteiger partial charge in [-0.3, -0.25) is 0 Å². The fourth-order valence-corrected chi connectivity index (χ4v) is 1.51. The molecule has 0 heterocycles. The Morgan fingerprint density at radius 1 is 1.36 bits per heavy atom. The van der Waals surface area contributed by atoms with E-state index in [0.717, 1.165) is 12.8 Å². The largest absolute Gasteiger partial charge is 0.390 e. The van der Waals surface area contributed by atoms with Crippen molar-refractivity contribution in [3.05, 3.63) is 0 Å². The van der Waals surface area contributed by atoms with Gasteiger partial charge < -0.3 is 14.9 Å². The minimum Gasteiger partial charge on any atom is -0.390 e. The Labute approximate surface area is 67.0 Å². The van der Waals surface area contributed by atoms with E-state index in [2.05, 4.69) is 0 Å². The Morgan fingerprint density at radius 3 is 2.73 bits per heavy atom. The minimum atomic E-state index is -0.677. The maximum Gasteiger partial charge on any atom is 0.106 e. The fourth-order valence-electron chi connectivity index (χ4n) is 1.51. The average molecular weight is 160 g/mol. The predicted octanol–water partition coefficient (Wildman–Crippen LogP) is 0.297. The minimum absolute atomic E-state index is 0.149. The maximum atomic E-state index is 9.39. The second-order valence-corrected chi connectivity index (χ2v) is 2.98. The summed E-state index contributed by atoms with van der Waals surface area (Å²) in [6.45, 7) is 2.50. The van der Waals surface area contributed by atoms with Gasteiger partial charge in [-0.1, -0.05) is 0 Å². The molecule has 66 valence electrons. The average Bonchev–Trinajstić information content (AvgIpc) is 1.99. The highest BCUT2D eigenvalue weighted by molar-refractivity contribution is 4.81. The van der Waals surface area contributed by atoms with E-state index in [9.17, 15) is 10.2 Å². The van der Waals surface area contributed by atoms with Gasteiger partial charge in [0.05, 0.1) is 12.2 Å². The van der Waals surface area contributed by atoms with Crippen molar-refractivity contribution in [2.24, 2.45) is 0 Å². The first-order valence-corrected chi connectivity index (χ1v) is 4.23. The predicted molar refractivity (Wildman–Crippen MR) is 41.3 cm³/mol. The molecule has 0 aromatic carbocycles. The highest BCUT2D eigenvalue weighted by atomic mass is 16.5. The first-order chi connectivity index (χ1) is 5.25. The Morgan fingerprint density at radius 2 is 2.09 bits per heavy atom. The molecular weight excluding hydrogens is 144 g/mol. The molecule has 0 radical (unpaired) electrons. The normalized spacial score (nSPS) is 39.0. The Balaban J connectivity index is 2.38. The SMILES string of the molecule is CCOC1CCCC(O)C1O. The van der Waals surface area contributed by atoms with Crippen molar-refractivity contribution in [1.82, 2.24) is 0 Å². The summed E-state index contributed by atoms with van der Waals surface area (Å²) < 4.78 is 5.26. The molecule has 1 saturated carbocycles.